The molecule has 7 heteroatoms. The summed E-state index contributed by atoms with van der Waals surface area (Å²) in [6.07, 6.45) is 3.37. The summed E-state index contributed by atoms with van der Waals surface area (Å²) in [6, 6.07) is 0. The summed E-state index contributed by atoms with van der Waals surface area (Å²) in [7, 11) is 0. The summed E-state index contributed by atoms with van der Waals surface area (Å²) in [6.45, 7) is 7.52. The van der Waals surface area contributed by atoms with Crippen LogP contribution in [0.15, 0.2) is 12.4 Å². The fraction of sp³-hybridized carbons (Fsp3) is 0.545. The molecule has 1 aromatic heterocycles. The van der Waals surface area contributed by atoms with E-state index in [0.29, 0.717) is 9.49 Å². The van der Waals surface area contributed by atoms with Gasteiger partial charge in [-0.3, -0.25) is 0 Å². The number of halogens is 1. The maximum atomic E-state index is 11.0. The van der Waals surface area contributed by atoms with Gasteiger partial charge in [0.2, 0.25) is 0 Å². The Morgan fingerprint density at radius 1 is 1.33 bits per heavy atom. The van der Waals surface area contributed by atoms with Crippen LogP contribution in [0.4, 0.5) is 0 Å². The first-order valence-electron chi connectivity index (χ1n) is 5.49. The molecular weight excluding hydrogens is 351 g/mol. The molecule has 0 unspecified atom stereocenters. The minimum absolute atomic E-state index is 0.446. The SMILES string of the molecule is CC(=O)OI(OC(C)=O)c1cnn(CC(C)C)c1. The molecule has 1 heterocycles. The van der Waals surface area contributed by atoms with Crippen molar-refractivity contribution in [3.8, 4) is 0 Å². The van der Waals surface area contributed by atoms with Gasteiger partial charge in [-0.15, -0.1) is 0 Å². The van der Waals surface area contributed by atoms with Crippen molar-refractivity contribution in [2.24, 2.45) is 5.92 Å². The molecule has 0 amide bonds. The zero-order chi connectivity index (χ0) is 13.7. The summed E-state index contributed by atoms with van der Waals surface area (Å²) in [5.74, 6) is -0.432. The molecule has 1 aromatic rings. The van der Waals surface area contributed by atoms with Crippen molar-refractivity contribution in [2.75, 3.05) is 0 Å². The molecule has 0 fully saturated rings. The molecule has 0 aliphatic heterocycles. The number of nitrogens with zero attached hydrogens (tertiary/aromatic N) is 2. The standard InChI is InChI=1S/C11H17IN2O4/c1-8(2)6-14-7-11(5-13-14)12(17-9(3)15)18-10(4)16/h5,7-8H,6H2,1-4H3. The third-order valence-corrected chi connectivity index (χ3v) is 5.30. The van der Waals surface area contributed by atoms with Gasteiger partial charge in [-0.05, 0) is 0 Å². The van der Waals surface area contributed by atoms with Gasteiger partial charge in [0.25, 0.3) is 0 Å². The molecule has 0 aliphatic rings. The van der Waals surface area contributed by atoms with Crippen LogP contribution in [0.1, 0.15) is 27.7 Å². The Bertz CT molecular complexity index is 414. The monoisotopic (exact) mass is 368 g/mol. The van der Waals surface area contributed by atoms with Gasteiger partial charge in [-0.1, -0.05) is 0 Å². The van der Waals surface area contributed by atoms with Crippen molar-refractivity contribution in [3.63, 3.8) is 0 Å². The van der Waals surface area contributed by atoms with E-state index in [2.05, 4.69) is 18.9 Å². The van der Waals surface area contributed by atoms with E-state index in [-0.39, 0.29) is 0 Å². The fourth-order valence-corrected chi connectivity index (χ4v) is 3.82. The Morgan fingerprint density at radius 3 is 2.33 bits per heavy atom. The molecule has 0 saturated heterocycles. The molecule has 0 aliphatic carbocycles. The second-order valence-electron chi connectivity index (χ2n) is 4.13. The molecule has 0 radical (unpaired) electrons. The Hall–Kier alpha value is -1.12. The van der Waals surface area contributed by atoms with E-state index in [4.69, 9.17) is 6.13 Å². The molecule has 0 aromatic carbocycles. The minimum atomic E-state index is -2.71. The molecule has 6 nitrogen and oxygen atoms in total. The van der Waals surface area contributed by atoms with Crippen molar-refractivity contribution < 1.29 is 15.7 Å². The van der Waals surface area contributed by atoms with Crippen LogP contribution in [0, 0.1) is 9.49 Å². The molecule has 0 N–H and O–H groups in total. The number of aromatic nitrogens is 2. The summed E-state index contributed by atoms with van der Waals surface area (Å²) in [5, 5.41) is 4.17. The molecule has 0 saturated carbocycles. The Balaban J connectivity index is 2.80. The van der Waals surface area contributed by atoms with E-state index < -0.39 is 32.6 Å². The van der Waals surface area contributed by atoms with Crippen LogP contribution in [0.3, 0.4) is 0 Å². The molecule has 0 atom stereocenters. The molecule has 0 bridgehead atoms. The van der Waals surface area contributed by atoms with E-state index in [9.17, 15) is 9.59 Å². The van der Waals surface area contributed by atoms with Crippen molar-refractivity contribution in [2.45, 2.75) is 34.2 Å². The molecule has 0 spiro atoms. The number of carbonyl (C=O) groups excluding carboxylic acids is 2. The molecular formula is C11H17IN2O4. The van der Waals surface area contributed by atoms with Gasteiger partial charge in [-0.25, -0.2) is 0 Å². The van der Waals surface area contributed by atoms with Crippen molar-refractivity contribution >= 4 is 32.6 Å². The first kappa shape index (κ1) is 14.9. The van der Waals surface area contributed by atoms with Gasteiger partial charge >= 0.3 is 114 Å². The van der Waals surface area contributed by atoms with E-state index >= 15 is 0 Å². The van der Waals surface area contributed by atoms with Crippen LogP contribution < -0.4 is 0 Å². The second-order valence-corrected chi connectivity index (χ2v) is 7.50. The van der Waals surface area contributed by atoms with Crippen molar-refractivity contribution in [3.05, 3.63) is 16.0 Å². The van der Waals surface area contributed by atoms with Crippen LogP contribution >= 0.6 is 20.6 Å². The first-order valence-corrected chi connectivity index (χ1v) is 8.33. The van der Waals surface area contributed by atoms with Crippen molar-refractivity contribution in [1.82, 2.24) is 9.78 Å². The van der Waals surface area contributed by atoms with E-state index in [1.54, 1.807) is 17.1 Å². The topological polar surface area (TPSA) is 70.4 Å². The van der Waals surface area contributed by atoms with Gasteiger partial charge in [0, 0.05) is 0 Å². The van der Waals surface area contributed by atoms with E-state index in [0.717, 1.165) is 6.54 Å². The van der Waals surface area contributed by atoms with Gasteiger partial charge in [-0.2, -0.15) is 0 Å². The van der Waals surface area contributed by atoms with Gasteiger partial charge in [0.1, 0.15) is 0 Å². The summed E-state index contributed by atoms with van der Waals surface area (Å²) >= 11 is -2.71. The third kappa shape index (κ3) is 5.03. The first-order chi connectivity index (χ1) is 8.38. The zero-order valence-corrected chi connectivity index (χ0v) is 13.0. The van der Waals surface area contributed by atoms with Crippen LogP contribution in [-0.4, -0.2) is 21.7 Å². The van der Waals surface area contributed by atoms with Gasteiger partial charge < -0.3 is 0 Å². The van der Waals surface area contributed by atoms with Gasteiger partial charge in [0.15, 0.2) is 0 Å². The quantitative estimate of drug-likeness (QED) is 0.745. The van der Waals surface area contributed by atoms with Crippen LogP contribution in [-0.2, 0) is 22.3 Å². The summed E-state index contributed by atoms with van der Waals surface area (Å²) in [5.41, 5.74) is 0. The van der Waals surface area contributed by atoms with Crippen molar-refractivity contribution in [1.29, 1.82) is 0 Å². The normalized spacial score (nSPS) is 11.3. The fourth-order valence-electron chi connectivity index (χ4n) is 1.19. The van der Waals surface area contributed by atoms with E-state index in [1.807, 2.05) is 0 Å². The Morgan fingerprint density at radius 2 is 1.89 bits per heavy atom. The maximum absolute atomic E-state index is 11.0. The zero-order valence-electron chi connectivity index (χ0n) is 10.8. The predicted octanol–water partition coefficient (Wildman–Crippen LogP) is 2.17. The number of rotatable bonds is 5. The number of hydrogen-bond acceptors (Lipinski definition) is 5. The molecule has 102 valence electrons. The summed E-state index contributed by atoms with van der Waals surface area (Å²) < 4.78 is 12.6. The number of hydrogen-bond donors (Lipinski definition) is 0. The third-order valence-electron chi connectivity index (χ3n) is 1.69. The van der Waals surface area contributed by atoms with Crippen LogP contribution in [0.2, 0.25) is 0 Å². The summed E-state index contributed by atoms with van der Waals surface area (Å²) in [4.78, 5) is 22.0. The van der Waals surface area contributed by atoms with Crippen LogP contribution in [0.5, 0.6) is 0 Å². The second kappa shape index (κ2) is 6.72. The average molecular weight is 368 g/mol. The predicted molar refractivity (Wildman–Crippen MR) is 73.3 cm³/mol. The number of carbonyl (C=O) groups is 2. The Kier molecular flexibility index (Phi) is 5.57. The molecule has 1 rings (SSSR count). The van der Waals surface area contributed by atoms with Gasteiger partial charge in [0.05, 0.1) is 0 Å². The average Bonchev–Trinajstić information content (AvgIpc) is 2.62. The Labute approximate surface area is 114 Å². The molecule has 18 heavy (non-hydrogen) atoms. The van der Waals surface area contributed by atoms with Crippen LogP contribution in [0.25, 0.3) is 0 Å². The van der Waals surface area contributed by atoms with E-state index in [1.165, 1.54) is 13.8 Å².